The maximum absolute atomic E-state index is 10.5. The number of piperidine rings is 1. The Morgan fingerprint density at radius 1 is 1.31 bits per heavy atom. The van der Waals surface area contributed by atoms with Crippen LogP contribution in [0.15, 0.2) is 0 Å². The SMILES string of the molecule is O=CC1CCN(CCCCO)CC1. The fraction of sp³-hybridized carbons (Fsp3) is 0.900. The molecule has 0 amide bonds. The van der Waals surface area contributed by atoms with Crippen molar-refractivity contribution in [2.45, 2.75) is 25.7 Å². The van der Waals surface area contributed by atoms with E-state index < -0.39 is 0 Å². The van der Waals surface area contributed by atoms with E-state index in [1.54, 1.807) is 0 Å². The lowest BCUT2D eigenvalue weighted by atomic mass is 9.98. The van der Waals surface area contributed by atoms with Crippen molar-refractivity contribution in [3.8, 4) is 0 Å². The van der Waals surface area contributed by atoms with E-state index in [1.165, 1.54) is 0 Å². The lowest BCUT2D eigenvalue weighted by molar-refractivity contribution is -0.112. The van der Waals surface area contributed by atoms with E-state index in [9.17, 15) is 4.79 Å². The molecule has 1 aliphatic rings. The van der Waals surface area contributed by atoms with Crippen molar-refractivity contribution in [2.24, 2.45) is 5.92 Å². The fourth-order valence-corrected chi connectivity index (χ4v) is 1.76. The van der Waals surface area contributed by atoms with Crippen LogP contribution in [0.2, 0.25) is 0 Å². The Kier molecular flexibility index (Phi) is 5.01. The summed E-state index contributed by atoms with van der Waals surface area (Å²) >= 11 is 0. The van der Waals surface area contributed by atoms with Crippen molar-refractivity contribution >= 4 is 6.29 Å². The molecule has 1 saturated heterocycles. The first-order valence-corrected chi connectivity index (χ1v) is 5.15. The predicted octanol–water partition coefficient (Wildman–Crippen LogP) is 0.670. The molecule has 0 aromatic carbocycles. The largest absolute Gasteiger partial charge is 0.396 e. The number of aldehydes is 1. The number of nitrogens with zero attached hydrogens (tertiary/aromatic N) is 1. The highest BCUT2D eigenvalue weighted by Crippen LogP contribution is 2.14. The van der Waals surface area contributed by atoms with E-state index in [4.69, 9.17) is 5.11 Å². The summed E-state index contributed by atoms with van der Waals surface area (Å²) in [5.74, 6) is 0.300. The molecule has 1 N–H and O–H groups in total. The Bertz CT molecular complexity index is 142. The van der Waals surface area contributed by atoms with Crippen LogP contribution in [0.5, 0.6) is 0 Å². The van der Waals surface area contributed by atoms with Crippen molar-refractivity contribution in [3.63, 3.8) is 0 Å². The molecule has 1 rings (SSSR count). The van der Waals surface area contributed by atoms with Crippen LogP contribution in [0.25, 0.3) is 0 Å². The van der Waals surface area contributed by atoms with Crippen LogP contribution in [-0.2, 0) is 4.79 Å². The predicted molar refractivity (Wildman–Crippen MR) is 51.5 cm³/mol. The topological polar surface area (TPSA) is 40.5 Å². The summed E-state index contributed by atoms with van der Waals surface area (Å²) in [6.07, 6.45) is 5.09. The van der Waals surface area contributed by atoms with Gasteiger partial charge < -0.3 is 14.8 Å². The van der Waals surface area contributed by atoms with Gasteiger partial charge in [0.2, 0.25) is 0 Å². The minimum absolute atomic E-state index is 0.296. The van der Waals surface area contributed by atoms with Gasteiger partial charge in [0.1, 0.15) is 6.29 Å². The van der Waals surface area contributed by atoms with Gasteiger partial charge >= 0.3 is 0 Å². The first kappa shape index (κ1) is 10.7. The minimum Gasteiger partial charge on any atom is -0.396 e. The maximum atomic E-state index is 10.5. The summed E-state index contributed by atoms with van der Waals surface area (Å²) in [5, 5.41) is 8.61. The van der Waals surface area contributed by atoms with Gasteiger partial charge in [-0.15, -0.1) is 0 Å². The molecule has 0 spiro atoms. The molecule has 0 bridgehead atoms. The van der Waals surface area contributed by atoms with Crippen LogP contribution in [0.3, 0.4) is 0 Å². The molecule has 13 heavy (non-hydrogen) atoms. The number of rotatable bonds is 5. The van der Waals surface area contributed by atoms with E-state index in [2.05, 4.69) is 4.90 Å². The molecule has 1 aliphatic heterocycles. The van der Waals surface area contributed by atoms with E-state index in [-0.39, 0.29) is 0 Å². The van der Waals surface area contributed by atoms with E-state index >= 15 is 0 Å². The van der Waals surface area contributed by atoms with Gasteiger partial charge in [0, 0.05) is 12.5 Å². The van der Waals surface area contributed by atoms with Crippen LogP contribution >= 0.6 is 0 Å². The molecule has 3 heteroatoms. The standard InChI is InChI=1S/C10H19NO2/c12-8-2-1-5-11-6-3-10(9-13)4-7-11/h9-10,12H,1-8H2. The number of carbonyl (C=O) groups excluding carboxylic acids is 1. The zero-order valence-corrected chi connectivity index (χ0v) is 8.11. The van der Waals surface area contributed by atoms with Gasteiger partial charge in [0.05, 0.1) is 0 Å². The van der Waals surface area contributed by atoms with Gasteiger partial charge in [-0.2, -0.15) is 0 Å². The van der Waals surface area contributed by atoms with Gasteiger partial charge in [0.15, 0.2) is 0 Å². The number of hydrogen-bond acceptors (Lipinski definition) is 3. The first-order valence-electron chi connectivity index (χ1n) is 5.15. The normalized spacial score (nSPS) is 20.4. The third-order valence-electron chi connectivity index (χ3n) is 2.71. The zero-order valence-electron chi connectivity index (χ0n) is 8.11. The minimum atomic E-state index is 0.296. The Balaban J connectivity index is 2.07. The van der Waals surface area contributed by atoms with Gasteiger partial charge in [-0.25, -0.2) is 0 Å². The molecule has 0 saturated carbocycles. The molecule has 0 aromatic heterocycles. The Morgan fingerprint density at radius 3 is 2.54 bits per heavy atom. The van der Waals surface area contributed by atoms with Crippen LogP contribution in [0.4, 0.5) is 0 Å². The quantitative estimate of drug-likeness (QED) is 0.505. The number of likely N-dealkylation sites (tertiary alicyclic amines) is 1. The number of unbranched alkanes of at least 4 members (excludes halogenated alkanes) is 1. The van der Waals surface area contributed by atoms with Gasteiger partial charge in [-0.1, -0.05) is 0 Å². The van der Waals surface area contributed by atoms with Crippen LogP contribution in [0.1, 0.15) is 25.7 Å². The number of aliphatic hydroxyl groups is 1. The van der Waals surface area contributed by atoms with E-state index in [0.29, 0.717) is 12.5 Å². The molecule has 1 heterocycles. The molecule has 0 radical (unpaired) electrons. The molecule has 0 unspecified atom stereocenters. The fourth-order valence-electron chi connectivity index (χ4n) is 1.76. The van der Waals surface area contributed by atoms with Gasteiger partial charge in [-0.05, 0) is 45.3 Å². The maximum Gasteiger partial charge on any atom is 0.123 e. The average Bonchev–Trinajstić information content (AvgIpc) is 2.19. The van der Waals surface area contributed by atoms with Crippen molar-refractivity contribution in [1.82, 2.24) is 4.90 Å². The number of hydrogen-bond donors (Lipinski definition) is 1. The molecule has 76 valence electrons. The molecule has 0 aromatic rings. The summed E-state index contributed by atoms with van der Waals surface area (Å²) < 4.78 is 0. The second kappa shape index (κ2) is 6.11. The van der Waals surface area contributed by atoms with Gasteiger partial charge in [-0.3, -0.25) is 0 Å². The molecule has 1 fully saturated rings. The Hall–Kier alpha value is -0.410. The smallest absolute Gasteiger partial charge is 0.123 e. The first-order chi connectivity index (χ1) is 6.36. The lowest BCUT2D eigenvalue weighted by Gasteiger charge is -2.29. The average molecular weight is 185 g/mol. The van der Waals surface area contributed by atoms with Crippen molar-refractivity contribution in [3.05, 3.63) is 0 Å². The summed E-state index contributed by atoms with van der Waals surface area (Å²) in [7, 11) is 0. The van der Waals surface area contributed by atoms with E-state index in [0.717, 1.165) is 51.6 Å². The summed E-state index contributed by atoms with van der Waals surface area (Å²) in [4.78, 5) is 12.9. The van der Waals surface area contributed by atoms with E-state index in [1.807, 2.05) is 0 Å². The monoisotopic (exact) mass is 185 g/mol. The molecular weight excluding hydrogens is 166 g/mol. The highest BCUT2D eigenvalue weighted by Gasteiger charge is 2.17. The molecular formula is C10H19NO2. The van der Waals surface area contributed by atoms with Crippen molar-refractivity contribution < 1.29 is 9.90 Å². The molecule has 0 atom stereocenters. The number of carbonyl (C=O) groups is 1. The summed E-state index contributed by atoms with van der Waals surface area (Å²) in [5.41, 5.74) is 0. The Labute approximate surface area is 79.7 Å². The highest BCUT2D eigenvalue weighted by atomic mass is 16.2. The van der Waals surface area contributed by atoms with Crippen molar-refractivity contribution in [2.75, 3.05) is 26.2 Å². The zero-order chi connectivity index (χ0) is 9.52. The van der Waals surface area contributed by atoms with Gasteiger partial charge in [0.25, 0.3) is 0 Å². The van der Waals surface area contributed by atoms with Crippen LogP contribution in [0, 0.1) is 5.92 Å². The van der Waals surface area contributed by atoms with Crippen LogP contribution in [-0.4, -0.2) is 42.5 Å². The lowest BCUT2D eigenvalue weighted by Crippen LogP contribution is -2.34. The second-order valence-corrected chi connectivity index (χ2v) is 3.75. The van der Waals surface area contributed by atoms with Crippen molar-refractivity contribution in [1.29, 1.82) is 0 Å². The third kappa shape index (κ3) is 3.87. The summed E-state index contributed by atoms with van der Waals surface area (Å²) in [6, 6.07) is 0. The Morgan fingerprint density at radius 2 is 2.00 bits per heavy atom. The second-order valence-electron chi connectivity index (χ2n) is 3.75. The summed E-state index contributed by atoms with van der Waals surface area (Å²) in [6.45, 7) is 3.47. The number of aliphatic hydroxyl groups excluding tert-OH is 1. The highest BCUT2D eigenvalue weighted by molar-refractivity contribution is 5.53. The molecule has 3 nitrogen and oxygen atoms in total. The van der Waals surface area contributed by atoms with Crippen LogP contribution < -0.4 is 0 Å². The molecule has 0 aliphatic carbocycles. The third-order valence-corrected chi connectivity index (χ3v) is 2.71.